The minimum atomic E-state index is -1.75. The van der Waals surface area contributed by atoms with Crippen LogP contribution in [0.15, 0.2) is 0 Å². The van der Waals surface area contributed by atoms with Gasteiger partial charge in [-0.05, 0) is 25.7 Å². The summed E-state index contributed by atoms with van der Waals surface area (Å²) >= 11 is 0. The molecule has 2 saturated carbocycles. The average molecular weight is 781 g/mol. The van der Waals surface area contributed by atoms with Gasteiger partial charge in [0.25, 0.3) is 0 Å². The molecule has 14 N–H and O–H groups in total. The Morgan fingerprint density at radius 3 is 0.714 bits per heavy atom. The Labute approximate surface area is 192 Å². The minimum Gasteiger partial charge on any atom is -0.457 e. The van der Waals surface area contributed by atoms with Gasteiger partial charge in [-0.2, -0.15) is 0 Å². The van der Waals surface area contributed by atoms with Gasteiger partial charge in [0, 0.05) is 66.3 Å². The molecule has 16 heteroatoms. The first-order valence-electron chi connectivity index (χ1n) is 7.73. The Kier molecular flexibility index (Phi) is 39.6. The summed E-state index contributed by atoms with van der Waals surface area (Å²) in [5, 5.41) is 29.5. The van der Waals surface area contributed by atoms with Crippen molar-refractivity contribution in [2.45, 2.75) is 75.5 Å². The number of rotatable bonds is 0. The van der Waals surface area contributed by atoms with Gasteiger partial charge in [0.1, 0.15) is 0 Å². The normalized spacial score (nSPS) is 24.4. The van der Waals surface area contributed by atoms with Crippen LogP contribution in [0.1, 0.15) is 51.4 Å². The Morgan fingerprint density at radius 1 is 0.536 bits per heavy atom. The molecule has 0 aliphatic heterocycles. The standard InChI is InChI=1S/2C6H14N2.2NO3.2H2O.2Pt/c2*7-5-3-1-2-4-6(5)8;2*2-1(3)4;;;;/h2*5-6H,1-4,7-8H2;;;2*1H2;;/q;;2*-1;;;;/p+2/t2*5-,6-;;;;;;/m11....../s1. The van der Waals surface area contributed by atoms with Gasteiger partial charge in [0.05, 0.1) is 10.2 Å². The molecular formula is C12H34N6O8Pt2. The number of nitrogens with two attached hydrogens (primary N) is 4. The Balaban J connectivity index is -0.0000000577. The first-order chi connectivity index (χ1) is 11.1. The van der Waals surface area contributed by atoms with E-state index < -0.39 is 10.2 Å². The van der Waals surface area contributed by atoms with E-state index in [4.69, 9.17) is 53.6 Å². The van der Waals surface area contributed by atoms with Crippen molar-refractivity contribution in [1.82, 2.24) is 0 Å². The Hall–Kier alpha value is -0.463. The molecule has 4 atom stereocenters. The van der Waals surface area contributed by atoms with Crippen LogP contribution in [0.4, 0.5) is 0 Å². The zero-order valence-electron chi connectivity index (χ0n) is 15.4. The molecule has 2 aliphatic rings. The van der Waals surface area contributed by atoms with E-state index in [9.17, 15) is 0 Å². The van der Waals surface area contributed by atoms with Crippen molar-refractivity contribution < 1.29 is 63.3 Å². The van der Waals surface area contributed by atoms with Gasteiger partial charge in [-0.1, -0.05) is 25.7 Å². The fourth-order valence-corrected chi connectivity index (χ4v) is 2.38. The van der Waals surface area contributed by atoms with E-state index >= 15 is 0 Å². The summed E-state index contributed by atoms with van der Waals surface area (Å²) < 4.78 is 0. The molecule has 180 valence electrons. The summed E-state index contributed by atoms with van der Waals surface area (Å²) in [6.45, 7) is 0. The fourth-order valence-electron chi connectivity index (χ4n) is 2.38. The zero-order chi connectivity index (χ0) is 19.1. The second-order valence-electron chi connectivity index (χ2n) is 5.67. The maximum Gasteiger partial charge on any atom is 0.0689 e. The maximum atomic E-state index is 8.25. The van der Waals surface area contributed by atoms with Crippen molar-refractivity contribution >= 4 is 0 Å². The van der Waals surface area contributed by atoms with Crippen LogP contribution in [0.2, 0.25) is 0 Å². The summed E-state index contributed by atoms with van der Waals surface area (Å²) in [5.74, 6) is 0. The van der Waals surface area contributed by atoms with Crippen LogP contribution in [0, 0.1) is 30.6 Å². The van der Waals surface area contributed by atoms with E-state index in [-0.39, 0.29) is 77.3 Å². The molecule has 0 saturated heterocycles. The van der Waals surface area contributed by atoms with E-state index in [0.29, 0.717) is 0 Å². The third kappa shape index (κ3) is 33.1. The smallest absolute Gasteiger partial charge is 0.0689 e. The first-order valence-corrected chi connectivity index (χ1v) is 7.73. The second kappa shape index (κ2) is 26.5. The first kappa shape index (κ1) is 41.8. The predicted octanol–water partition coefficient (Wildman–Crippen LogP) is -1.90. The summed E-state index contributed by atoms with van der Waals surface area (Å²) in [6.07, 6.45) is 9.60. The summed E-state index contributed by atoms with van der Waals surface area (Å²) in [4.78, 5) is 16.5. The van der Waals surface area contributed by atoms with Crippen molar-refractivity contribution in [3.8, 4) is 0 Å². The van der Waals surface area contributed by atoms with E-state index in [1.54, 1.807) is 0 Å². The monoisotopic (exact) mass is 780 g/mol. The number of nitrogens with zero attached hydrogens (tertiary/aromatic N) is 2. The van der Waals surface area contributed by atoms with Gasteiger partial charge < -0.3 is 64.5 Å². The number of hydrogen-bond donors (Lipinski definition) is 4. The Morgan fingerprint density at radius 2 is 0.643 bits per heavy atom. The van der Waals surface area contributed by atoms with Crippen molar-refractivity contribution in [3.05, 3.63) is 30.6 Å². The van der Waals surface area contributed by atoms with Crippen molar-refractivity contribution in [3.63, 3.8) is 0 Å². The molecule has 0 aromatic carbocycles. The van der Waals surface area contributed by atoms with Crippen molar-refractivity contribution in [1.29, 1.82) is 0 Å². The molecule has 14 nitrogen and oxygen atoms in total. The quantitative estimate of drug-likeness (QED) is 0.120. The summed E-state index contributed by atoms with van der Waals surface area (Å²) in [6, 6.07) is 1.12. The van der Waals surface area contributed by atoms with Crippen LogP contribution in [0.5, 0.6) is 0 Å². The van der Waals surface area contributed by atoms with E-state index in [2.05, 4.69) is 0 Å². The van der Waals surface area contributed by atoms with Crippen LogP contribution in [-0.4, -0.2) is 34.3 Å². The molecule has 2 rings (SSSR count). The average Bonchev–Trinajstić information content (AvgIpc) is 2.45. The van der Waals surface area contributed by atoms with Gasteiger partial charge in [-0.15, -0.1) is 0 Å². The SMILES string of the molecule is N[C@@H]1CCCC[C@H]1N.N[C@@H]1CCCC[C@H]1N.O=[N+]([O-])[O-].O=[N+]([O-])[O-].[OH3+].[OH3+].[Pt].[Pt]. The predicted molar refractivity (Wildman–Crippen MR) is 99.3 cm³/mol. The van der Waals surface area contributed by atoms with Gasteiger partial charge >= 0.3 is 0 Å². The molecule has 2 aliphatic carbocycles. The fraction of sp³-hybridized carbons (Fsp3) is 1.00. The van der Waals surface area contributed by atoms with Crippen molar-refractivity contribution in [2.75, 3.05) is 0 Å². The minimum absolute atomic E-state index is 0. The van der Waals surface area contributed by atoms with Crippen LogP contribution in [-0.2, 0) is 53.1 Å². The molecular weight excluding hydrogens is 746 g/mol. The summed E-state index contributed by atoms with van der Waals surface area (Å²) in [7, 11) is 0. The van der Waals surface area contributed by atoms with Crippen LogP contribution < -0.4 is 22.9 Å². The van der Waals surface area contributed by atoms with Crippen LogP contribution in [0.25, 0.3) is 0 Å². The molecule has 0 amide bonds. The molecule has 0 spiro atoms. The molecule has 0 heterocycles. The number of hydrogen-bond acceptors (Lipinski definition) is 10. The van der Waals surface area contributed by atoms with E-state index in [1.807, 2.05) is 0 Å². The largest absolute Gasteiger partial charge is 0.457 e. The topological polar surface area (TPSA) is 302 Å². The molecule has 0 bridgehead atoms. The molecule has 0 radical (unpaired) electrons. The van der Waals surface area contributed by atoms with Gasteiger partial charge in [-0.25, -0.2) is 0 Å². The maximum absolute atomic E-state index is 8.25. The van der Waals surface area contributed by atoms with Crippen LogP contribution in [0.3, 0.4) is 0 Å². The molecule has 0 aromatic heterocycles. The molecule has 2 fully saturated rings. The third-order valence-electron chi connectivity index (χ3n) is 3.75. The van der Waals surface area contributed by atoms with E-state index in [1.165, 1.54) is 25.7 Å². The molecule has 28 heavy (non-hydrogen) atoms. The molecule has 0 unspecified atom stereocenters. The van der Waals surface area contributed by atoms with Crippen molar-refractivity contribution in [2.24, 2.45) is 22.9 Å². The van der Waals surface area contributed by atoms with Gasteiger partial charge in [0.15, 0.2) is 0 Å². The molecule has 0 aromatic rings. The second-order valence-corrected chi connectivity index (χ2v) is 5.67. The van der Waals surface area contributed by atoms with E-state index in [0.717, 1.165) is 25.7 Å². The summed E-state index contributed by atoms with van der Waals surface area (Å²) in [5.41, 5.74) is 22.6. The zero-order valence-corrected chi connectivity index (χ0v) is 20.0. The Bertz CT molecular complexity index is 302. The van der Waals surface area contributed by atoms with Gasteiger partial charge in [-0.3, -0.25) is 0 Å². The van der Waals surface area contributed by atoms with Gasteiger partial charge in [0.2, 0.25) is 0 Å². The van der Waals surface area contributed by atoms with Crippen LogP contribution >= 0.6 is 0 Å². The third-order valence-corrected chi connectivity index (χ3v) is 3.75.